The third-order valence-electron chi connectivity index (χ3n) is 2.55. The predicted octanol–water partition coefficient (Wildman–Crippen LogP) is 4.08. The first-order chi connectivity index (χ1) is 8.38. The highest BCUT2D eigenvalue weighted by Gasteiger charge is 2.30. The highest BCUT2D eigenvalue weighted by molar-refractivity contribution is 5.85. The van der Waals surface area contributed by atoms with E-state index in [4.69, 9.17) is 5.73 Å². The zero-order valence-corrected chi connectivity index (χ0v) is 10.4. The second kappa shape index (κ2) is 5.40. The minimum Gasteiger partial charge on any atom is -0.507 e. The molecule has 0 amide bonds. The van der Waals surface area contributed by atoms with Crippen LogP contribution in [0.15, 0.2) is 42.5 Å². The van der Waals surface area contributed by atoms with Crippen molar-refractivity contribution in [2.75, 3.05) is 5.73 Å². The Morgan fingerprint density at radius 1 is 0.947 bits per heavy atom. The van der Waals surface area contributed by atoms with E-state index in [-0.39, 0.29) is 18.2 Å². The Kier molecular flexibility index (Phi) is 4.32. The summed E-state index contributed by atoms with van der Waals surface area (Å²) in [6.07, 6.45) is -4.36. The largest absolute Gasteiger partial charge is 0.507 e. The SMILES string of the molecule is Cl.Nc1ccc(-c2ccc(C(F)(F)F)cc2)c(O)c1. The maximum absolute atomic E-state index is 12.4. The summed E-state index contributed by atoms with van der Waals surface area (Å²) in [5, 5.41) is 9.67. The van der Waals surface area contributed by atoms with Gasteiger partial charge in [0, 0.05) is 17.3 Å². The molecule has 0 aromatic heterocycles. The molecule has 0 atom stereocenters. The van der Waals surface area contributed by atoms with E-state index >= 15 is 0 Å². The molecular formula is C13H11ClF3NO. The lowest BCUT2D eigenvalue weighted by atomic mass is 10.0. The van der Waals surface area contributed by atoms with Crippen molar-refractivity contribution in [1.82, 2.24) is 0 Å². The zero-order chi connectivity index (χ0) is 13.3. The van der Waals surface area contributed by atoms with Crippen molar-refractivity contribution >= 4 is 18.1 Å². The highest BCUT2D eigenvalue weighted by atomic mass is 35.5. The first-order valence-corrected chi connectivity index (χ1v) is 5.14. The van der Waals surface area contributed by atoms with Crippen molar-refractivity contribution in [3.63, 3.8) is 0 Å². The number of hydrogen-bond acceptors (Lipinski definition) is 2. The van der Waals surface area contributed by atoms with Gasteiger partial charge in [-0.15, -0.1) is 12.4 Å². The topological polar surface area (TPSA) is 46.2 Å². The maximum Gasteiger partial charge on any atom is 0.416 e. The monoisotopic (exact) mass is 289 g/mol. The Balaban J connectivity index is 0.00000180. The lowest BCUT2D eigenvalue weighted by Crippen LogP contribution is -2.03. The molecule has 6 heteroatoms. The molecule has 2 rings (SSSR count). The van der Waals surface area contributed by atoms with E-state index in [0.717, 1.165) is 12.1 Å². The number of phenolic OH excluding ortho intramolecular Hbond substituents is 1. The van der Waals surface area contributed by atoms with E-state index in [1.165, 1.54) is 18.2 Å². The fraction of sp³-hybridized carbons (Fsp3) is 0.0769. The molecule has 0 aliphatic rings. The van der Waals surface area contributed by atoms with Crippen molar-refractivity contribution in [3.8, 4) is 16.9 Å². The molecule has 0 bridgehead atoms. The van der Waals surface area contributed by atoms with Gasteiger partial charge >= 0.3 is 6.18 Å². The predicted molar refractivity (Wildman–Crippen MR) is 70.2 cm³/mol. The van der Waals surface area contributed by atoms with Crippen LogP contribution in [0.5, 0.6) is 5.75 Å². The number of nitrogen functional groups attached to an aromatic ring is 1. The second-order valence-corrected chi connectivity index (χ2v) is 3.85. The van der Waals surface area contributed by atoms with Crippen molar-refractivity contribution in [2.24, 2.45) is 0 Å². The molecule has 0 saturated carbocycles. The van der Waals surface area contributed by atoms with Gasteiger partial charge in [-0.2, -0.15) is 13.2 Å². The van der Waals surface area contributed by atoms with E-state index in [1.54, 1.807) is 12.1 Å². The van der Waals surface area contributed by atoms with Gasteiger partial charge in [-0.25, -0.2) is 0 Å². The summed E-state index contributed by atoms with van der Waals surface area (Å²) in [6.45, 7) is 0. The van der Waals surface area contributed by atoms with Gasteiger partial charge in [-0.05, 0) is 29.8 Å². The molecule has 0 aliphatic heterocycles. The van der Waals surface area contributed by atoms with Crippen molar-refractivity contribution < 1.29 is 18.3 Å². The standard InChI is InChI=1S/C13H10F3NO.ClH/c14-13(15,16)9-3-1-8(2-4-9)11-6-5-10(17)7-12(11)18;/h1-7,18H,17H2;1H. The van der Waals surface area contributed by atoms with Crippen molar-refractivity contribution in [2.45, 2.75) is 6.18 Å². The fourth-order valence-corrected chi connectivity index (χ4v) is 1.63. The van der Waals surface area contributed by atoms with Crippen LogP contribution < -0.4 is 5.73 Å². The van der Waals surface area contributed by atoms with E-state index in [0.29, 0.717) is 16.8 Å². The van der Waals surface area contributed by atoms with Crippen LogP contribution in [-0.2, 0) is 6.18 Å². The number of phenols is 1. The molecule has 3 N–H and O–H groups in total. The summed E-state index contributed by atoms with van der Waals surface area (Å²) in [5.74, 6) is -0.0604. The molecule has 0 spiro atoms. The van der Waals surface area contributed by atoms with Crippen LogP contribution in [0.3, 0.4) is 0 Å². The molecule has 0 fully saturated rings. The van der Waals surface area contributed by atoms with Crippen LogP contribution in [0.2, 0.25) is 0 Å². The van der Waals surface area contributed by atoms with Gasteiger partial charge < -0.3 is 10.8 Å². The number of aromatic hydroxyl groups is 1. The van der Waals surface area contributed by atoms with Gasteiger partial charge in [0.1, 0.15) is 5.75 Å². The van der Waals surface area contributed by atoms with E-state index < -0.39 is 11.7 Å². The normalized spacial score (nSPS) is 10.9. The van der Waals surface area contributed by atoms with Gasteiger partial charge in [0.25, 0.3) is 0 Å². The quantitative estimate of drug-likeness (QED) is 0.777. The second-order valence-electron chi connectivity index (χ2n) is 3.85. The Hall–Kier alpha value is -1.88. The zero-order valence-electron chi connectivity index (χ0n) is 9.61. The number of benzene rings is 2. The molecule has 0 unspecified atom stereocenters. The minimum atomic E-state index is -4.36. The fourth-order valence-electron chi connectivity index (χ4n) is 1.63. The van der Waals surface area contributed by atoms with Crippen LogP contribution in [0.25, 0.3) is 11.1 Å². The number of nitrogens with two attached hydrogens (primary N) is 1. The number of hydrogen-bond donors (Lipinski definition) is 2. The van der Waals surface area contributed by atoms with Crippen molar-refractivity contribution in [3.05, 3.63) is 48.0 Å². The molecular weight excluding hydrogens is 279 g/mol. The molecule has 2 aromatic rings. The summed E-state index contributed by atoms with van der Waals surface area (Å²) in [7, 11) is 0. The number of rotatable bonds is 1. The lowest BCUT2D eigenvalue weighted by Gasteiger charge is -2.09. The lowest BCUT2D eigenvalue weighted by molar-refractivity contribution is -0.137. The number of halogens is 4. The van der Waals surface area contributed by atoms with Gasteiger partial charge in [-0.3, -0.25) is 0 Å². The molecule has 2 aromatic carbocycles. The van der Waals surface area contributed by atoms with Crippen LogP contribution >= 0.6 is 12.4 Å². The molecule has 102 valence electrons. The highest BCUT2D eigenvalue weighted by Crippen LogP contribution is 2.34. The smallest absolute Gasteiger partial charge is 0.416 e. The number of alkyl halides is 3. The van der Waals surface area contributed by atoms with E-state index in [1.807, 2.05) is 0 Å². The summed E-state index contributed by atoms with van der Waals surface area (Å²) in [5.41, 5.74) is 6.09. The molecule has 0 heterocycles. The van der Waals surface area contributed by atoms with Gasteiger partial charge in [0.05, 0.1) is 5.56 Å². The van der Waals surface area contributed by atoms with Gasteiger partial charge in [0.15, 0.2) is 0 Å². The molecule has 0 radical (unpaired) electrons. The number of anilines is 1. The van der Waals surface area contributed by atoms with Gasteiger partial charge in [0.2, 0.25) is 0 Å². The van der Waals surface area contributed by atoms with Crippen molar-refractivity contribution in [1.29, 1.82) is 0 Å². The van der Waals surface area contributed by atoms with E-state index in [9.17, 15) is 18.3 Å². The maximum atomic E-state index is 12.4. The van der Waals surface area contributed by atoms with Crippen LogP contribution in [-0.4, -0.2) is 5.11 Å². The average Bonchev–Trinajstić information content (AvgIpc) is 2.28. The van der Waals surface area contributed by atoms with Gasteiger partial charge in [-0.1, -0.05) is 12.1 Å². The Labute approximate surface area is 114 Å². The first-order valence-electron chi connectivity index (χ1n) is 5.14. The Morgan fingerprint density at radius 3 is 2.00 bits per heavy atom. The Bertz CT molecular complexity index is 567. The summed E-state index contributed by atoms with van der Waals surface area (Å²) >= 11 is 0. The molecule has 0 aliphatic carbocycles. The summed E-state index contributed by atoms with van der Waals surface area (Å²) in [6, 6.07) is 9.07. The third-order valence-corrected chi connectivity index (χ3v) is 2.55. The Morgan fingerprint density at radius 2 is 1.53 bits per heavy atom. The summed E-state index contributed by atoms with van der Waals surface area (Å²) < 4.78 is 37.2. The average molecular weight is 290 g/mol. The van der Waals surface area contributed by atoms with Crippen LogP contribution in [0.1, 0.15) is 5.56 Å². The molecule has 0 saturated heterocycles. The minimum absolute atomic E-state index is 0. The molecule has 2 nitrogen and oxygen atoms in total. The third kappa shape index (κ3) is 3.32. The van der Waals surface area contributed by atoms with E-state index in [2.05, 4.69) is 0 Å². The first kappa shape index (κ1) is 15.2. The molecule has 19 heavy (non-hydrogen) atoms. The summed E-state index contributed by atoms with van der Waals surface area (Å²) in [4.78, 5) is 0. The van der Waals surface area contributed by atoms with Crippen LogP contribution in [0.4, 0.5) is 18.9 Å². The van der Waals surface area contributed by atoms with Crippen LogP contribution in [0, 0.1) is 0 Å².